The van der Waals surface area contributed by atoms with Gasteiger partial charge in [-0.05, 0) is 111 Å². The van der Waals surface area contributed by atoms with Crippen LogP contribution in [0, 0.1) is 40.4 Å². The van der Waals surface area contributed by atoms with Crippen molar-refractivity contribution in [2.45, 2.75) is 147 Å². The number of unbranched alkanes of at least 4 members (excludes halogenated alkanes) is 2. The first-order chi connectivity index (χ1) is 20.1. The summed E-state index contributed by atoms with van der Waals surface area (Å²) in [5.41, 5.74) is 0.131. The number of alkyl halides is 5. The first kappa shape index (κ1) is 35.4. The SMILES string of the molecule is C[C@]12CCC(=O)CC1CC[C@@H]1[C@H]2C(CCCC(O)CCCCC[S+]([O-])CCCC(F)(F)C(F)(F)F)C[C@]2(C)C(O)CC[C@@H]12. The molecule has 10 heteroatoms. The molecule has 0 bridgehead atoms. The van der Waals surface area contributed by atoms with Crippen LogP contribution in [0.15, 0.2) is 0 Å². The van der Waals surface area contributed by atoms with E-state index in [0.717, 1.165) is 70.6 Å². The fourth-order valence-electron chi connectivity index (χ4n) is 9.98. The minimum atomic E-state index is -5.57. The van der Waals surface area contributed by atoms with E-state index in [1.165, 1.54) is 0 Å². The molecule has 0 amide bonds. The van der Waals surface area contributed by atoms with Crippen molar-refractivity contribution >= 4 is 17.0 Å². The average Bonchev–Trinajstić information content (AvgIpc) is 3.21. The highest BCUT2D eigenvalue weighted by molar-refractivity contribution is 7.91. The third-order valence-electron chi connectivity index (χ3n) is 12.3. The molecule has 0 saturated heterocycles. The average molecular weight is 641 g/mol. The fraction of sp³-hybridized carbons (Fsp3) is 0.970. The molecule has 4 saturated carbocycles. The molecule has 0 spiro atoms. The molecule has 0 radical (unpaired) electrons. The van der Waals surface area contributed by atoms with Crippen molar-refractivity contribution in [3.8, 4) is 0 Å². The van der Waals surface area contributed by atoms with Gasteiger partial charge in [0.1, 0.15) is 17.3 Å². The summed E-state index contributed by atoms with van der Waals surface area (Å²) in [6.07, 6.45) is 5.00. The monoisotopic (exact) mass is 640 g/mol. The molecular formula is C33H53F5O4S. The highest BCUT2D eigenvalue weighted by atomic mass is 32.2. The third-order valence-corrected chi connectivity index (χ3v) is 13.8. The van der Waals surface area contributed by atoms with E-state index in [2.05, 4.69) is 13.8 Å². The fourth-order valence-corrected chi connectivity index (χ4v) is 11.2. The van der Waals surface area contributed by atoms with Crippen molar-refractivity contribution in [3.63, 3.8) is 0 Å². The highest BCUT2D eigenvalue weighted by Crippen LogP contribution is 2.68. The molecule has 0 aromatic rings. The van der Waals surface area contributed by atoms with Crippen molar-refractivity contribution in [3.05, 3.63) is 0 Å². The Hall–Kier alpha value is -0.450. The number of fused-ring (bicyclic) bond motifs is 5. The number of hydrogen-bond acceptors (Lipinski definition) is 4. The lowest BCUT2D eigenvalue weighted by Crippen LogP contribution is -2.57. The van der Waals surface area contributed by atoms with Crippen LogP contribution in [0.3, 0.4) is 0 Å². The van der Waals surface area contributed by atoms with E-state index < -0.39 is 42.2 Å². The molecule has 2 N–H and O–H groups in total. The van der Waals surface area contributed by atoms with Crippen LogP contribution < -0.4 is 0 Å². The van der Waals surface area contributed by atoms with Gasteiger partial charge in [0.05, 0.1) is 12.2 Å². The molecule has 5 unspecified atom stereocenters. The summed E-state index contributed by atoms with van der Waals surface area (Å²) >= 11 is -1.42. The predicted octanol–water partition coefficient (Wildman–Crippen LogP) is 8.00. The van der Waals surface area contributed by atoms with Crippen molar-refractivity contribution < 1.29 is 41.5 Å². The molecule has 0 aromatic carbocycles. The number of carbonyl (C=O) groups is 1. The minimum Gasteiger partial charge on any atom is -0.616 e. The van der Waals surface area contributed by atoms with Crippen LogP contribution in [-0.4, -0.2) is 56.4 Å². The second-order valence-electron chi connectivity index (χ2n) is 15.0. The topological polar surface area (TPSA) is 80.6 Å². The molecule has 0 aromatic heterocycles. The highest BCUT2D eigenvalue weighted by Gasteiger charge is 2.62. The molecular weight excluding hydrogens is 587 g/mol. The van der Waals surface area contributed by atoms with E-state index >= 15 is 0 Å². The first-order valence-corrected chi connectivity index (χ1v) is 18.2. The number of halogens is 5. The standard InChI is InChI=1S/C33H53F5O4S/c1-30-17-15-25(40)20-23(30)11-12-26-27-13-14-28(41)31(27,2)21-22(29(26)30)8-6-10-24(39)9-4-3-5-18-43(42)19-7-16-32(34,35)33(36,37)38/h22-24,26-29,39,41H,3-21H2,1-2H3/t22?,23?,24?,26-,27-,28?,29+,30-,31-,43?/m0/s1. The number of hydrogen-bond donors (Lipinski definition) is 2. The van der Waals surface area contributed by atoms with Crippen LogP contribution in [-0.2, 0) is 16.0 Å². The lowest BCUT2D eigenvalue weighted by atomic mass is 9.42. The van der Waals surface area contributed by atoms with Gasteiger partial charge in [-0.1, -0.05) is 44.3 Å². The molecule has 4 fully saturated rings. The number of rotatable bonds is 14. The Morgan fingerprint density at radius 2 is 1.65 bits per heavy atom. The van der Waals surface area contributed by atoms with Crippen LogP contribution in [0.5, 0.6) is 0 Å². The summed E-state index contributed by atoms with van der Waals surface area (Å²) in [5, 5.41) is 21.7. The zero-order chi connectivity index (χ0) is 31.6. The molecule has 10 atom stereocenters. The number of carbonyl (C=O) groups excluding carboxylic acids is 1. The molecule has 4 nitrogen and oxygen atoms in total. The van der Waals surface area contributed by atoms with Gasteiger partial charge in [0, 0.05) is 19.3 Å². The van der Waals surface area contributed by atoms with Crippen LogP contribution in [0.25, 0.3) is 0 Å². The number of ketones is 1. The Morgan fingerprint density at radius 3 is 2.37 bits per heavy atom. The lowest BCUT2D eigenvalue weighted by molar-refractivity contribution is -0.284. The van der Waals surface area contributed by atoms with E-state index in [1.54, 1.807) is 0 Å². The second-order valence-corrected chi connectivity index (χ2v) is 16.7. The summed E-state index contributed by atoms with van der Waals surface area (Å²) in [7, 11) is 0. The van der Waals surface area contributed by atoms with Crippen LogP contribution >= 0.6 is 0 Å². The van der Waals surface area contributed by atoms with Crippen molar-refractivity contribution in [2.75, 3.05) is 11.5 Å². The number of aliphatic hydroxyl groups is 2. The van der Waals surface area contributed by atoms with E-state index in [1.807, 2.05) is 0 Å². The van der Waals surface area contributed by atoms with E-state index in [4.69, 9.17) is 0 Å². The summed E-state index contributed by atoms with van der Waals surface area (Å²) in [5.74, 6) is -1.54. The Labute approximate surface area is 257 Å². The van der Waals surface area contributed by atoms with Crippen LogP contribution in [0.1, 0.15) is 123 Å². The summed E-state index contributed by atoms with van der Waals surface area (Å²) in [4.78, 5) is 12.4. The van der Waals surface area contributed by atoms with Crippen molar-refractivity contribution in [2.24, 2.45) is 40.4 Å². The quantitative estimate of drug-likeness (QED) is 0.115. The van der Waals surface area contributed by atoms with Gasteiger partial charge in [-0.2, -0.15) is 22.0 Å². The molecule has 43 heavy (non-hydrogen) atoms. The largest absolute Gasteiger partial charge is 0.616 e. The maximum absolute atomic E-state index is 13.0. The van der Waals surface area contributed by atoms with Gasteiger partial charge >= 0.3 is 12.1 Å². The van der Waals surface area contributed by atoms with Gasteiger partial charge in [0.2, 0.25) is 0 Å². The number of aliphatic hydroxyl groups excluding tert-OH is 2. The summed E-state index contributed by atoms with van der Waals surface area (Å²) in [6, 6.07) is 0. The van der Waals surface area contributed by atoms with Crippen LogP contribution in [0.2, 0.25) is 0 Å². The smallest absolute Gasteiger partial charge is 0.453 e. The molecule has 4 aliphatic carbocycles. The Bertz CT molecular complexity index is 933. The second kappa shape index (κ2) is 14.1. The zero-order valence-electron chi connectivity index (χ0n) is 26.0. The Balaban J connectivity index is 1.19. The Kier molecular flexibility index (Phi) is 11.6. The summed E-state index contributed by atoms with van der Waals surface area (Å²) in [6.45, 7) is 4.75. The third kappa shape index (κ3) is 7.93. The maximum atomic E-state index is 13.0. The van der Waals surface area contributed by atoms with Gasteiger partial charge in [-0.3, -0.25) is 4.79 Å². The van der Waals surface area contributed by atoms with Crippen molar-refractivity contribution in [1.29, 1.82) is 0 Å². The van der Waals surface area contributed by atoms with Gasteiger partial charge < -0.3 is 14.8 Å². The van der Waals surface area contributed by atoms with E-state index in [9.17, 15) is 41.5 Å². The van der Waals surface area contributed by atoms with Gasteiger partial charge in [-0.15, -0.1) is 0 Å². The zero-order valence-corrected chi connectivity index (χ0v) is 26.8. The molecule has 4 rings (SSSR count). The first-order valence-electron chi connectivity index (χ1n) is 16.8. The molecule has 250 valence electrons. The van der Waals surface area contributed by atoms with Gasteiger partial charge in [0.15, 0.2) is 0 Å². The lowest BCUT2D eigenvalue weighted by Gasteiger charge is -2.62. The Morgan fingerprint density at radius 1 is 0.953 bits per heavy atom. The van der Waals surface area contributed by atoms with Crippen molar-refractivity contribution in [1.82, 2.24) is 0 Å². The number of Topliss-reactive ketones (excluding diaryl/α,β-unsaturated/α-hetero) is 1. The molecule has 0 aliphatic heterocycles. The molecule has 4 aliphatic rings. The van der Waals surface area contributed by atoms with Gasteiger partial charge in [-0.25, -0.2) is 0 Å². The van der Waals surface area contributed by atoms with E-state index in [-0.39, 0.29) is 28.4 Å². The maximum Gasteiger partial charge on any atom is 0.453 e. The molecule has 0 heterocycles. The van der Waals surface area contributed by atoms with Gasteiger partial charge in [0.25, 0.3) is 0 Å². The minimum absolute atomic E-state index is 0.0442. The van der Waals surface area contributed by atoms with Crippen LogP contribution in [0.4, 0.5) is 22.0 Å². The van der Waals surface area contributed by atoms with E-state index in [0.29, 0.717) is 61.1 Å². The summed E-state index contributed by atoms with van der Waals surface area (Å²) < 4.78 is 74.7. The predicted molar refractivity (Wildman–Crippen MR) is 158 cm³/mol. The normalized spacial score (nSPS) is 37.9.